The van der Waals surface area contributed by atoms with Crippen LogP contribution in [0.3, 0.4) is 0 Å². The average molecular weight is 579 g/mol. The topological polar surface area (TPSA) is 105 Å². The Kier molecular flexibility index (Phi) is 9.49. The second-order valence-corrected chi connectivity index (χ2v) is 10.5. The number of rotatable bonds is 12. The summed E-state index contributed by atoms with van der Waals surface area (Å²) in [6, 6.07) is 26.6. The van der Waals surface area contributed by atoms with Gasteiger partial charge in [0, 0.05) is 24.1 Å². The first-order valence-corrected chi connectivity index (χ1v) is 14.4. The Morgan fingerprint density at radius 2 is 1.42 bits per heavy atom. The van der Waals surface area contributed by atoms with Gasteiger partial charge < -0.3 is 9.47 Å². The zero-order chi connectivity index (χ0) is 30.2. The first-order valence-electron chi connectivity index (χ1n) is 14.4. The van der Waals surface area contributed by atoms with E-state index in [2.05, 4.69) is 46.5 Å². The van der Waals surface area contributed by atoms with E-state index in [9.17, 15) is 19.6 Å². The molecule has 0 aliphatic heterocycles. The lowest BCUT2D eigenvalue weighted by Crippen LogP contribution is -2.26. The van der Waals surface area contributed by atoms with Crippen LogP contribution in [0.2, 0.25) is 0 Å². The monoisotopic (exact) mass is 578 g/mol. The fraction of sp³-hybridized carbons (Fsp3) is 0.229. The van der Waals surface area contributed by atoms with Gasteiger partial charge in [-0.05, 0) is 63.4 Å². The molecule has 8 heteroatoms. The Morgan fingerprint density at radius 3 is 2.16 bits per heavy atom. The molecular weight excluding hydrogens is 544 g/mol. The Labute approximate surface area is 249 Å². The van der Waals surface area contributed by atoms with E-state index in [4.69, 9.17) is 4.74 Å². The lowest BCUT2D eigenvalue weighted by Gasteiger charge is -2.14. The molecule has 0 aliphatic carbocycles. The van der Waals surface area contributed by atoms with Crippen molar-refractivity contribution in [2.45, 2.75) is 38.7 Å². The standard InChI is InChI=1S/C35H34N2O6/c1-42-32(39)21-20-31(38)37(41)22-5-3-2-4-7-24-10-12-25(13-11-24)23-43-35(40)36-30-19-17-28-15-14-26-8-6-9-27-16-18-29(30)34(28)33(26)27/h6,8-21,41H,2-5,7,22-23H2,1H3,(H,36,40)/b21-20+. The van der Waals surface area contributed by atoms with Gasteiger partial charge in [-0.1, -0.05) is 85.6 Å². The number of carbonyl (C=O) groups excluding carboxylic acids is 3. The molecule has 0 spiro atoms. The fourth-order valence-electron chi connectivity index (χ4n) is 5.29. The number of hydrogen-bond donors (Lipinski definition) is 2. The third-order valence-corrected chi connectivity index (χ3v) is 7.56. The predicted molar refractivity (Wildman–Crippen MR) is 167 cm³/mol. The van der Waals surface area contributed by atoms with Gasteiger partial charge in [0.2, 0.25) is 0 Å². The number of methoxy groups -OCH3 is 1. The molecule has 0 fully saturated rings. The molecule has 0 atom stereocenters. The molecule has 0 aromatic heterocycles. The highest BCUT2D eigenvalue weighted by Gasteiger charge is 2.13. The van der Waals surface area contributed by atoms with Crippen molar-refractivity contribution in [3.8, 4) is 0 Å². The molecule has 8 nitrogen and oxygen atoms in total. The van der Waals surface area contributed by atoms with E-state index in [-0.39, 0.29) is 13.2 Å². The highest BCUT2D eigenvalue weighted by Crippen LogP contribution is 2.37. The Bertz CT molecular complexity index is 1750. The van der Waals surface area contributed by atoms with Crippen LogP contribution in [-0.2, 0) is 32.1 Å². The quantitative estimate of drug-likeness (QED) is 0.0400. The molecule has 5 aromatic carbocycles. The second-order valence-electron chi connectivity index (χ2n) is 10.5. The summed E-state index contributed by atoms with van der Waals surface area (Å²) in [5.41, 5.74) is 2.82. The molecule has 5 aromatic rings. The summed E-state index contributed by atoms with van der Waals surface area (Å²) in [6.45, 7) is 0.368. The first-order chi connectivity index (χ1) is 20.9. The zero-order valence-corrected chi connectivity index (χ0v) is 24.0. The number of hydroxylamine groups is 2. The maximum Gasteiger partial charge on any atom is 0.411 e. The van der Waals surface area contributed by atoms with Crippen LogP contribution in [0.25, 0.3) is 32.3 Å². The molecule has 2 N–H and O–H groups in total. The van der Waals surface area contributed by atoms with Crippen LogP contribution >= 0.6 is 0 Å². The van der Waals surface area contributed by atoms with Gasteiger partial charge in [0.1, 0.15) is 6.61 Å². The molecule has 43 heavy (non-hydrogen) atoms. The zero-order valence-electron chi connectivity index (χ0n) is 24.0. The number of nitrogens with zero attached hydrogens (tertiary/aromatic N) is 1. The summed E-state index contributed by atoms with van der Waals surface area (Å²) < 4.78 is 9.95. The van der Waals surface area contributed by atoms with E-state index in [0.29, 0.717) is 11.5 Å². The number of unbranched alkanes of at least 4 members (excludes halogenated alkanes) is 3. The number of anilines is 1. The van der Waals surface area contributed by atoms with Crippen molar-refractivity contribution in [2.75, 3.05) is 19.0 Å². The van der Waals surface area contributed by atoms with Gasteiger partial charge in [-0.15, -0.1) is 0 Å². The van der Waals surface area contributed by atoms with Gasteiger partial charge in [0.15, 0.2) is 0 Å². The van der Waals surface area contributed by atoms with Gasteiger partial charge in [0.25, 0.3) is 5.91 Å². The van der Waals surface area contributed by atoms with Crippen molar-refractivity contribution in [2.24, 2.45) is 0 Å². The minimum absolute atomic E-state index is 0.170. The minimum atomic E-state index is -0.653. The van der Waals surface area contributed by atoms with Crippen LogP contribution < -0.4 is 5.32 Å². The maximum atomic E-state index is 12.7. The molecule has 2 amide bonds. The van der Waals surface area contributed by atoms with Gasteiger partial charge >= 0.3 is 12.1 Å². The van der Waals surface area contributed by atoms with Gasteiger partial charge in [0.05, 0.1) is 12.8 Å². The lowest BCUT2D eigenvalue weighted by molar-refractivity contribution is -0.159. The highest BCUT2D eigenvalue weighted by molar-refractivity contribution is 6.25. The predicted octanol–water partition coefficient (Wildman–Crippen LogP) is 7.38. The van der Waals surface area contributed by atoms with Crippen LogP contribution in [0, 0.1) is 0 Å². The van der Waals surface area contributed by atoms with Gasteiger partial charge in [-0.25, -0.2) is 14.7 Å². The molecule has 0 bridgehead atoms. The molecule has 0 unspecified atom stereocenters. The summed E-state index contributed by atoms with van der Waals surface area (Å²) >= 11 is 0. The van der Waals surface area contributed by atoms with E-state index in [1.165, 1.54) is 28.8 Å². The van der Waals surface area contributed by atoms with Crippen LogP contribution in [0.15, 0.2) is 91.0 Å². The van der Waals surface area contributed by atoms with Crippen LogP contribution in [0.5, 0.6) is 0 Å². The van der Waals surface area contributed by atoms with Crippen molar-refractivity contribution in [3.63, 3.8) is 0 Å². The third-order valence-electron chi connectivity index (χ3n) is 7.56. The largest absolute Gasteiger partial charge is 0.466 e. The smallest absolute Gasteiger partial charge is 0.411 e. The van der Waals surface area contributed by atoms with E-state index in [0.717, 1.165) is 65.2 Å². The number of aryl methyl sites for hydroxylation is 1. The molecule has 5 rings (SSSR count). The van der Waals surface area contributed by atoms with Crippen molar-refractivity contribution >= 4 is 56.0 Å². The fourth-order valence-corrected chi connectivity index (χ4v) is 5.29. The maximum absolute atomic E-state index is 12.7. The number of nitrogens with one attached hydrogen (secondary N) is 1. The third kappa shape index (κ3) is 7.28. The molecule has 0 saturated carbocycles. The number of benzene rings is 5. The number of ether oxygens (including phenoxy) is 2. The van der Waals surface area contributed by atoms with Crippen LogP contribution in [0.4, 0.5) is 10.5 Å². The normalized spacial score (nSPS) is 11.4. The molecule has 0 heterocycles. The summed E-state index contributed by atoms with van der Waals surface area (Å²) in [6.07, 6.45) is 5.81. The summed E-state index contributed by atoms with van der Waals surface area (Å²) in [4.78, 5) is 35.4. The Balaban J connectivity index is 1.05. The number of amides is 2. The first kappa shape index (κ1) is 29.5. The van der Waals surface area contributed by atoms with E-state index in [1.54, 1.807) is 0 Å². The summed E-state index contributed by atoms with van der Waals surface area (Å²) in [5.74, 6) is -1.30. The van der Waals surface area contributed by atoms with Crippen LogP contribution in [0.1, 0.15) is 36.8 Å². The SMILES string of the molecule is COC(=O)/C=C/C(=O)N(O)CCCCCCc1ccc(COC(=O)Nc2ccc3ccc4cccc5ccc2c3c45)cc1. The van der Waals surface area contributed by atoms with E-state index in [1.807, 2.05) is 42.5 Å². The van der Waals surface area contributed by atoms with Crippen molar-refractivity contribution in [1.82, 2.24) is 5.06 Å². The van der Waals surface area contributed by atoms with Crippen molar-refractivity contribution < 1.29 is 29.1 Å². The average Bonchev–Trinajstić information content (AvgIpc) is 3.04. The number of hydrogen-bond acceptors (Lipinski definition) is 6. The molecular formula is C35H34N2O6. The summed E-state index contributed by atoms with van der Waals surface area (Å²) in [5, 5.41) is 20.1. The Morgan fingerprint density at radius 1 is 0.767 bits per heavy atom. The molecule has 0 aliphatic rings. The van der Waals surface area contributed by atoms with Crippen molar-refractivity contribution in [1.29, 1.82) is 0 Å². The second kappa shape index (κ2) is 13.8. The van der Waals surface area contributed by atoms with E-state index < -0.39 is 18.0 Å². The number of esters is 1. The van der Waals surface area contributed by atoms with Gasteiger partial charge in [-0.2, -0.15) is 0 Å². The van der Waals surface area contributed by atoms with Crippen LogP contribution in [-0.4, -0.2) is 41.9 Å². The Hall–Kier alpha value is -4.95. The number of carbonyl (C=O) groups is 3. The lowest BCUT2D eigenvalue weighted by atomic mass is 9.93. The van der Waals surface area contributed by atoms with E-state index >= 15 is 0 Å². The van der Waals surface area contributed by atoms with Crippen molar-refractivity contribution in [3.05, 3.63) is 102 Å². The molecule has 0 saturated heterocycles. The molecule has 220 valence electrons. The molecule has 0 radical (unpaired) electrons. The highest BCUT2D eigenvalue weighted by atomic mass is 16.5. The summed E-state index contributed by atoms with van der Waals surface area (Å²) in [7, 11) is 1.22. The van der Waals surface area contributed by atoms with Gasteiger partial charge in [-0.3, -0.25) is 15.3 Å². The minimum Gasteiger partial charge on any atom is -0.466 e.